The molecule has 0 saturated carbocycles. The molecule has 124 valence electrons. The van der Waals surface area contributed by atoms with Gasteiger partial charge >= 0.3 is 5.97 Å². The van der Waals surface area contributed by atoms with Crippen molar-refractivity contribution in [3.05, 3.63) is 69.2 Å². The minimum atomic E-state index is -1.32. The van der Waals surface area contributed by atoms with E-state index in [2.05, 4.69) is 0 Å². The number of carboxylic acids is 1. The second-order valence-corrected chi connectivity index (χ2v) is 5.36. The molecule has 0 spiro atoms. The molecule has 0 saturated heterocycles. The molecule has 1 N–H and O–H groups in total. The molecule has 0 aliphatic rings. The van der Waals surface area contributed by atoms with Crippen LogP contribution in [0.2, 0.25) is 5.02 Å². The standard InChI is InChI=1S/C16H13ClN2O5/c17-12-6-7-13(19(23)24)14(8-12)18(15(20)9-16(21)22)10-11-4-2-1-3-5-11/h1-8H,9-10H2,(H,21,22). The molecule has 0 aromatic heterocycles. The zero-order valence-corrected chi connectivity index (χ0v) is 13.1. The normalized spacial score (nSPS) is 10.2. The van der Waals surface area contributed by atoms with Gasteiger partial charge in [-0.05, 0) is 17.7 Å². The van der Waals surface area contributed by atoms with E-state index in [1.54, 1.807) is 30.3 Å². The molecular formula is C16H13ClN2O5. The lowest BCUT2D eigenvalue weighted by atomic mass is 10.1. The van der Waals surface area contributed by atoms with E-state index in [1.165, 1.54) is 18.2 Å². The average molecular weight is 349 g/mol. The predicted molar refractivity (Wildman–Crippen MR) is 88.0 cm³/mol. The van der Waals surface area contributed by atoms with E-state index in [0.29, 0.717) is 5.56 Å². The van der Waals surface area contributed by atoms with Gasteiger partial charge in [0.15, 0.2) is 0 Å². The van der Waals surface area contributed by atoms with E-state index < -0.39 is 23.2 Å². The van der Waals surface area contributed by atoms with Crippen molar-refractivity contribution in [3.8, 4) is 0 Å². The summed E-state index contributed by atoms with van der Waals surface area (Å²) in [5.41, 5.74) is 0.335. The number of rotatable bonds is 6. The van der Waals surface area contributed by atoms with Crippen molar-refractivity contribution in [2.24, 2.45) is 0 Å². The van der Waals surface area contributed by atoms with E-state index >= 15 is 0 Å². The number of carbonyl (C=O) groups excluding carboxylic acids is 1. The summed E-state index contributed by atoms with van der Waals surface area (Å²) in [4.78, 5) is 34.9. The Morgan fingerprint density at radius 1 is 1.17 bits per heavy atom. The number of hydrogen-bond donors (Lipinski definition) is 1. The van der Waals surface area contributed by atoms with Gasteiger partial charge in [0.2, 0.25) is 5.91 Å². The molecule has 2 aromatic rings. The largest absolute Gasteiger partial charge is 0.481 e. The Hall–Kier alpha value is -2.93. The number of nitro groups is 1. The Kier molecular flexibility index (Phi) is 5.49. The van der Waals surface area contributed by atoms with Gasteiger partial charge in [-0.2, -0.15) is 0 Å². The van der Waals surface area contributed by atoms with Crippen molar-refractivity contribution in [2.75, 3.05) is 4.90 Å². The van der Waals surface area contributed by atoms with Crippen molar-refractivity contribution in [1.29, 1.82) is 0 Å². The SMILES string of the molecule is O=C(O)CC(=O)N(Cc1ccccc1)c1cc(Cl)ccc1[N+](=O)[O-]. The number of anilines is 1. The average Bonchev–Trinajstić information content (AvgIpc) is 2.52. The first-order valence-electron chi connectivity index (χ1n) is 6.88. The topological polar surface area (TPSA) is 101 Å². The predicted octanol–water partition coefficient (Wildman–Crippen LogP) is 3.26. The lowest BCUT2D eigenvalue weighted by Crippen LogP contribution is -2.32. The zero-order chi connectivity index (χ0) is 17.7. The number of hydrogen-bond acceptors (Lipinski definition) is 4. The van der Waals surface area contributed by atoms with Crippen molar-refractivity contribution < 1.29 is 19.6 Å². The minimum Gasteiger partial charge on any atom is -0.481 e. The molecule has 2 aromatic carbocycles. The maximum absolute atomic E-state index is 12.3. The third kappa shape index (κ3) is 4.30. The van der Waals surface area contributed by atoms with Crippen LogP contribution in [-0.2, 0) is 16.1 Å². The quantitative estimate of drug-likeness (QED) is 0.490. The van der Waals surface area contributed by atoms with Crippen LogP contribution in [0.25, 0.3) is 0 Å². The summed E-state index contributed by atoms with van der Waals surface area (Å²) in [6.45, 7) is -0.00582. The van der Waals surface area contributed by atoms with Crippen LogP contribution in [0.15, 0.2) is 48.5 Å². The second-order valence-electron chi connectivity index (χ2n) is 4.93. The summed E-state index contributed by atoms with van der Waals surface area (Å²) >= 11 is 5.90. The number of carboxylic acid groups (broad SMARTS) is 1. The van der Waals surface area contributed by atoms with Crippen LogP contribution >= 0.6 is 11.6 Å². The summed E-state index contributed by atoms with van der Waals surface area (Å²) in [5, 5.41) is 20.3. The van der Waals surface area contributed by atoms with Crippen molar-refractivity contribution in [2.45, 2.75) is 13.0 Å². The number of amides is 1. The molecule has 0 aliphatic carbocycles. The fourth-order valence-corrected chi connectivity index (χ4v) is 2.33. The maximum Gasteiger partial charge on any atom is 0.312 e. The van der Waals surface area contributed by atoms with Gasteiger partial charge in [-0.3, -0.25) is 19.7 Å². The van der Waals surface area contributed by atoms with Crippen LogP contribution in [0.4, 0.5) is 11.4 Å². The van der Waals surface area contributed by atoms with Crippen LogP contribution < -0.4 is 4.90 Å². The smallest absolute Gasteiger partial charge is 0.312 e. The van der Waals surface area contributed by atoms with Crippen molar-refractivity contribution >= 4 is 34.9 Å². The number of nitro benzene ring substituents is 1. The maximum atomic E-state index is 12.3. The Morgan fingerprint density at radius 2 is 1.83 bits per heavy atom. The van der Waals surface area contributed by atoms with Gasteiger partial charge in [-0.25, -0.2) is 0 Å². The second kappa shape index (κ2) is 7.56. The highest BCUT2D eigenvalue weighted by Crippen LogP contribution is 2.32. The Labute approximate surface area is 142 Å². The molecule has 0 unspecified atom stereocenters. The van der Waals surface area contributed by atoms with Gasteiger partial charge in [-0.15, -0.1) is 0 Å². The molecular weight excluding hydrogens is 336 g/mol. The third-order valence-electron chi connectivity index (χ3n) is 3.21. The molecule has 1 amide bonds. The number of benzene rings is 2. The van der Waals surface area contributed by atoms with E-state index in [-0.39, 0.29) is 22.9 Å². The van der Waals surface area contributed by atoms with Crippen molar-refractivity contribution in [3.63, 3.8) is 0 Å². The Balaban J connectivity index is 2.49. The zero-order valence-electron chi connectivity index (χ0n) is 12.4. The van der Waals surface area contributed by atoms with Gasteiger partial charge in [0, 0.05) is 11.1 Å². The van der Waals surface area contributed by atoms with Crippen molar-refractivity contribution in [1.82, 2.24) is 0 Å². The molecule has 0 fully saturated rings. The van der Waals surface area contributed by atoms with Crippen LogP contribution in [0.5, 0.6) is 0 Å². The molecule has 2 rings (SSSR count). The first kappa shape index (κ1) is 17.4. The molecule has 8 heteroatoms. The summed E-state index contributed by atoms with van der Waals surface area (Å²) in [5.74, 6) is -2.08. The van der Waals surface area contributed by atoms with Gasteiger partial charge in [0.05, 0.1) is 11.5 Å². The number of aliphatic carboxylic acids is 1. The highest BCUT2D eigenvalue weighted by atomic mass is 35.5. The van der Waals surface area contributed by atoms with Crippen LogP contribution in [0, 0.1) is 10.1 Å². The highest BCUT2D eigenvalue weighted by molar-refractivity contribution is 6.31. The molecule has 0 heterocycles. The van der Waals surface area contributed by atoms with Crippen LogP contribution in [0.3, 0.4) is 0 Å². The van der Waals surface area contributed by atoms with E-state index in [1.807, 2.05) is 0 Å². The van der Waals surface area contributed by atoms with Crippen LogP contribution in [-0.4, -0.2) is 21.9 Å². The number of nitrogens with zero attached hydrogens (tertiary/aromatic N) is 2. The fourth-order valence-electron chi connectivity index (χ4n) is 2.17. The Bertz CT molecular complexity index is 779. The first-order chi connectivity index (χ1) is 11.4. The minimum absolute atomic E-state index is 0.00582. The molecule has 0 radical (unpaired) electrons. The Morgan fingerprint density at radius 3 is 2.42 bits per heavy atom. The molecule has 0 atom stereocenters. The fraction of sp³-hybridized carbons (Fsp3) is 0.125. The lowest BCUT2D eigenvalue weighted by molar-refractivity contribution is -0.384. The monoisotopic (exact) mass is 348 g/mol. The van der Waals surface area contributed by atoms with Gasteiger partial charge in [-0.1, -0.05) is 41.9 Å². The van der Waals surface area contributed by atoms with E-state index in [9.17, 15) is 19.7 Å². The summed E-state index contributed by atoms with van der Waals surface area (Å²) < 4.78 is 0. The highest BCUT2D eigenvalue weighted by Gasteiger charge is 2.26. The van der Waals surface area contributed by atoms with E-state index in [4.69, 9.17) is 16.7 Å². The molecule has 0 bridgehead atoms. The van der Waals surface area contributed by atoms with Crippen LogP contribution in [0.1, 0.15) is 12.0 Å². The van der Waals surface area contributed by atoms with Gasteiger partial charge in [0.1, 0.15) is 12.1 Å². The van der Waals surface area contributed by atoms with Gasteiger partial charge < -0.3 is 10.0 Å². The lowest BCUT2D eigenvalue weighted by Gasteiger charge is -2.22. The summed E-state index contributed by atoms with van der Waals surface area (Å²) in [6, 6.07) is 12.6. The van der Waals surface area contributed by atoms with Gasteiger partial charge in [0.25, 0.3) is 5.69 Å². The first-order valence-corrected chi connectivity index (χ1v) is 7.26. The number of halogens is 1. The summed E-state index contributed by atoms with van der Waals surface area (Å²) in [6.07, 6.45) is -0.781. The van der Waals surface area contributed by atoms with E-state index in [0.717, 1.165) is 4.90 Å². The molecule has 7 nitrogen and oxygen atoms in total. The molecule has 24 heavy (non-hydrogen) atoms. The third-order valence-corrected chi connectivity index (χ3v) is 3.45. The molecule has 0 aliphatic heterocycles. The summed E-state index contributed by atoms with van der Waals surface area (Å²) in [7, 11) is 0. The number of carbonyl (C=O) groups is 2.